The van der Waals surface area contributed by atoms with Crippen LogP contribution in [0.5, 0.6) is 0 Å². The summed E-state index contributed by atoms with van der Waals surface area (Å²) in [6, 6.07) is 0.633. The summed E-state index contributed by atoms with van der Waals surface area (Å²) < 4.78 is 0. The predicted molar refractivity (Wildman–Crippen MR) is 49.9 cm³/mol. The lowest BCUT2D eigenvalue weighted by molar-refractivity contribution is 0.480. The van der Waals surface area contributed by atoms with E-state index in [-0.39, 0.29) is 0 Å². The van der Waals surface area contributed by atoms with Crippen molar-refractivity contribution in [2.24, 2.45) is 22.6 Å². The van der Waals surface area contributed by atoms with Crippen molar-refractivity contribution in [3.05, 3.63) is 0 Å². The van der Waals surface area contributed by atoms with Crippen LogP contribution in [0.2, 0.25) is 0 Å². The van der Waals surface area contributed by atoms with Crippen LogP contribution in [0.15, 0.2) is 4.99 Å². The van der Waals surface area contributed by atoms with Gasteiger partial charge >= 0.3 is 0 Å². The van der Waals surface area contributed by atoms with Gasteiger partial charge in [-0.2, -0.15) is 0 Å². The van der Waals surface area contributed by atoms with Gasteiger partial charge in [-0.25, -0.2) is 0 Å². The van der Waals surface area contributed by atoms with Crippen molar-refractivity contribution in [2.45, 2.75) is 31.7 Å². The van der Waals surface area contributed by atoms with Crippen molar-refractivity contribution < 1.29 is 0 Å². The third kappa shape index (κ3) is 1.71. The number of nitrogens with two attached hydrogens (primary N) is 1. The first-order valence-corrected chi connectivity index (χ1v) is 4.80. The average Bonchev–Trinajstić information content (AvgIpc) is 2.87. The van der Waals surface area contributed by atoms with E-state index in [1.165, 1.54) is 25.7 Å². The van der Waals surface area contributed by atoms with Crippen LogP contribution >= 0.6 is 0 Å². The van der Waals surface area contributed by atoms with Gasteiger partial charge in [-0.1, -0.05) is 0 Å². The van der Waals surface area contributed by atoms with Crippen molar-refractivity contribution in [2.75, 3.05) is 7.05 Å². The summed E-state index contributed by atoms with van der Waals surface area (Å²) in [6.07, 6.45) is 5.52. The van der Waals surface area contributed by atoms with Gasteiger partial charge in [0, 0.05) is 13.1 Å². The molecule has 0 spiro atoms. The highest BCUT2D eigenvalue weighted by molar-refractivity contribution is 5.78. The van der Waals surface area contributed by atoms with Gasteiger partial charge in [0.2, 0.25) is 0 Å². The molecule has 0 heterocycles. The molecule has 0 aromatic rings. The Morgan fingerprint density at radius 1 is 1.33 bits per heavy atom. The highest BCUT2D eigenvalue weighted by atomic mass is 15.1. The maximum Gasteiger partial charge on any atom is 0.188 e. The first-order chi connectivity index (χ1) is 5.81. The molecule has 2 fully saturated rings. The number of hydrogen-bond acceptors (Lipinski definition) is 1. The van der Waals surface area contributed by atoms with E-state index in [9.17, 15) is 0 Å². The van der Waals surface area contributed by atoms with Crippen molar-refractivity contribution in [3.8, 4) is 0 Å². The summed E-state index contributed by atoms with van der Waals surface area (Å²) in [5.74, 6) is 2.38. The minimum atomic E-state index is 0.610. The zero-order chi connectivity index (χ0) is 8.55. The van der Waals surface area contributed by atoms with Crippen molar-refractivity contribution in [1.82, 2.24) is 5.32 Å². The van der Waals surface area contributed by atoms with Gasteiger partial charge in [0.15, 0.2) is 5.96 Å². The molecule has 0 saturated heterocycles. The molecule has 3 nitrogen and oxygen atoms in total. The van der Waals surface area contributed by atoms with Crippen LogP contribution < -0.4 is 11.1 Å². The lowest BCUT2D eigenvalue weighted by atomic mass is 10.1. The van der Waals surface area contributed by atoms with E-state index in [2.05, 4.69) is 10.3 Å². The average molecular weight is 167 g/mol. The third-order valence-corrected chi connectivity index (χ3v) is 2.82. The summed E-state index contributed by atoms with van der Waals surface area (Å²) in [6.45, 7) is 0. The Labute approximate surface area is 73.4 Å². The van der Waals surface area contributed by atoms with E-state index < -0.39 is 0 Å². The van der Waals surface area contributed by atoms with Gasteiger partial charge < -0.3 is 11.1 Å². The molecule has 0 aromatic heterocycles. The van der Waals surface area contributed by atoms with E-state index in [1.54, 1.807) is 7.05 Å². The standard InChI is InChI=1S/C9H17N3/c1-11-9(10)12-8(6-2-3-6)7-4-5-7/h6-8H,2-5H2,1H3,(H3,10,11,12). The van der Waals surface area contributed by atoms with Crippen LogP contribution in [0.3, 0.4) is 0 Å². The smallest absolute Gasteiger partial charge is 0.188 e. The Kier molecular flexibility index (Phi) is 1.95. The Balaban J connectivity index is 1.87. The highest BCUT2D eigenvalue weighted by Crippen LogP contribution is 2.44. The molecule has 0 bridgehead atoms. The van der Waals surface area contributed by atoms with Crippen LogP contribution in [0.4, 0.5) is 0 Å². The van der Waals surface area contributed by atoms with E-state index in [0.29, 0.717) is 12.0 Å². The molecule has 3 heteroatoms. The number of aliphatic imine (C=N–C) groups is 1. The Morgan fingerprint density at radius 3 is 2.17 bits per heavy atom. The van der Waals surface area contributed by atoms with Crippen molar-refractivity contribution >= 4 is 5.96 Å². The second-order valence-corrected chi connectivity index (χ2v) is 3.95. The summed E-state index contributed by atoms with van der Waals surface area (Å²) in [4.78, 5) is 3.93. The van der Waals surface area contributed by atoms with Gasteiger partial charge in [0.1, 0.15) is 0 Å². The molecule has 2 rings (SSSR count). The number of hydrogen-bond donors (Lipinski definition) is 2. The summed E-state index contributed by atoms with van der Waals surface area (Å²) >= 11 is 0. The molecule has 12 heavy (non-hydrogen) atoms. The Morgan fingerprint density at radius 2 is 1.83 bits per heavy atom. The SMILES string of the molecule is CN=C(N)NC(C1CC1)C1CC1. The van der Waals surface area contributed by atoms with Crippen LogP contribution in [-0.2, 0) is 0 Å². The second-order valence-electron chi connectivity index (χ2n) is 3.95. The van der Waals surface area contributed by atoms with Crippen LogP contribution in [0.25, 0.3) is 0 Å². The number of guanidine groups is 1. The first-order valence-electron chi connectivity index (χ1n) is 4.80. The predicted octanol–water partition coefficient (Wildman–Crippen LogP) is 0.709. The second kappa shape index (κ2) is 2.96. The largest absolute Gasteiger partial charge is 0.370 e. The monoisotopic (exact) mass is 167 g/mol. The van der Waals surface area contributed by atoms with Crippen LogP contribution in [0, 0.1) is 11.8 Å². The molecule has 0 atom stereocenters. The molecule has 0 amide bonds. The minimum Gasteiger partial charge on any atom is -0.370 e. The fourth-order valence-corrected chi connectivity index (χ4v) is 1.77. The van der Waals surface area contributed by atoms with Gasteiger partial charge in [-0.15, -0.1) is 0 Å². The first kappa shape index (κ1) is 7.90. The highest BCUT2D eigenvalue weighted by Gasteiger charge is 2.41. The van der Waals surface area contributed by atoms with Crippen molar-refractivity contribution in [3.63, 3.8) is 0 Å². The summed E-state index contributed by atoms with van der Waals surface area (Å²) in [5, 5.41) is 3.32. The Hall–Kier alpha value is -0.730. The van der Waals surface area contributed by atoms with Crippen molar-refractivity contribution in [1.29, 1.82) is 0 Å². The quantitative estimate of drug-likeness (QED) is 0.480. The van der Waals surface area contributed by atoms with Gasteiger partial charge in [0.25, 0.3) is 0 Å². The zero-order valence-corrected chi connectivity index (χ0v) is 7.59. The van der Waals surface area contributed by atoms with Gasteiger partial charge in [0.05, 0.1) is 0 Å². The summed E-state index contributed by atoms with van der Waals surface area (Å²) in [5.41, 5.74) is 5.64. The summed E-state index contributed by atoms with van der Waals surface area (Å²) in [7, 11) is 1.74. The zero-order valence-electron chi connectivity index (χ0n) is 7.59. The lowest BCUT2D eigenvalue weighted by Gasteiger charge is -2.17. The molecule has 3 N–H and O–H groups in total. The molecule has 68 valence electrons. The van der Waals surface area contributed by atoms with E-state index in [1.807, 2.05) is 0 Å². The normalized spacial score (nSPS) is 24.7. The minimum absolute atomic E-state index is 0.610. The number of nitrogens with one attached hydrogen (secondary N) is 1. The molecule has 0 aromatic carbocycles. The van der Waals surface area contributed by atoms with E-state index >= 15 is 0 Å². The number of rotatable bonds is 3. The fourth-order valence-electron chi connectivity index (χ4n) is 1.77. The molecular formula is C9H17N3. The van der Waals surface area contributed by atoms with Gasteiger partial charge in [-0.3, -0.25) is 4.99 Å². The van der Waals surface area contributed by atoms with Gasteiger partial charge in [-0.05, 0) is 37.5 Å². The molecular weight excluding hydrogens is 150 g/mol. The fraction of sp³-hybridized carbons (Fsp3) is 0.889. The van der Waals surface area contributed by atoms with E-state index in [0.717, 1.165) is 11.8 Å². The van der Waals surface area contributed by atoms with Crippen LogP contribution in [0.1, 0.15) is 25.7 Å². The van der Waals surface area contributed by atoms with E-state index in [4.69, 9.17) is 5.73 Å². The maximum absolute atomic E-state index is 5.64. The molecule has 0 radical (unpaired) electrons. The number of nitrogens with zero attached hydrogens (tertiary/aromatic N) is 1. The maximum atomic E-state index is 5.64. The van der Waals surface area contributed by atoms with Crippen LogP contribution in [-0.4, -0.2) is 19.0 Å². The molecule has 0 aliphatic heterocycles. The molecule has 0 unspecified atom stereocenters. The lowest BCUT2D eigenvalue weighted by Crippen LogP contribution is -2.42. The Bertz CT molecular complexity index is 180. The topological polar surface area (TPSA) is 50.4 Å². The molecule has 2 aliphatic carbocycles. The molecule has 2 aliphatic rings. The molecule has 2 saturated carbocycles. The third-order valence-electron chi connectivity index (χ3n) is 2.82.